The van der Waals surface area contributed by atoms with Gasteiger partial charge in [0.1, 0.15) is 4.83 Å². The van der Waals surface area contributed by atoms with E-state index in [1.807, 2.05) is 31.2 Å². The fourth-order valence-corrected chi connectivity index (χ4v) is 6.82. The summed E-state index contributed by atoms with van der Waals surface area (Å²) < 4.78 is 7.45. The summed E-state index contributed by atoms with van der Waals surface area (Å²) in [5, 5.41) is 1.28. The summed E-state index contributed by atoms with van der Waals surface area (Å²) >= 11 is 7.73. The molecular weight excluding hydrogens is 502 g/mol. The number of benzene rings is 3. The van der Waals surface area contributed by atoms with Gasteiger partial charge in [0.05, 0.1) is 23.7 Å². The van der Waals surface area contributed by atoms with E-state index in [4.69, 9.17) is 21.3 Å². The van der Waals surface area contributed by atoms with Gasteiger partial charge in [0.25, 0.3) is 5.56 Å². The molecule has 0 N–H and O–H groups in total. The molecule has 0 radical (unpaired) electrons. The maximum Gasteiger partial charge on any atom is 0.305 e. The van der Waals surface area contributed by atoms with Crippen molar-refractivity contribution in [2.45, 2.75) is 25.4 Å². The third-order valence-electron chi connectivity index (χ3n) is 7.03. The molecule has 0 bridgehead atoms. The first-order valence-electron chi connectivity index (χ1n) is 12.4. The van der Waals surface area contributed by atoms with Crippen molar-refractivity contribution in [2.75, 3.05) is 13.7 Å². The van der Waals surface area contributed by atoms with Crippen LogP contribution in [0.2, 0.25) is 5.02 Å². The van der Waals surface area contributed by atoms with E-state index in [2.05, 4.69) is 60.5 Å². The minimum Gasteiger partial charge on any atom is -0.465 e. The predicted molar refractivity (Wildman–Crippen MR) is 150 cm³/mol. The van der Waals surface area contributed by atoms with Crippen LogP contribution in [0.25, 0.3) is 15.9 Å². The second-order valence-electron chi connectivity index (χ2n) is 9.18. The van der Waals surface area contributed by atoms with E-state index in [-0.39, 0.29) is 17.6 Å². The van der Waals surface area contributed by atoms with E-state index in [0.29, 0.717) is 33.5 Å². The van der Waals surface area contributed by atoms with Crippen molar-refractivity contribution in [2.24, 2.45) is 0 Å². The largest absolute Gasteiger partial charge is 0.465 e. The fraction of sp³-hybridized carbons (Fsp3) is 0.200. The first kappa shape index (κ1) is 23.9. The SMILES string of the molecule is CCOc1nc2sc3c(c2c(=O)n1-c1ccc(Cl)cc1)CC(c1ccccc1)N(C)C3c1ccccc1. The summed E-state index contributed by atoms with van der Waals surface area (Å²) in [7, 11) is 2.17. The second-order valence-corrected chi connectivity index (χ2v) is 10.6. The Balaban J connectivity index is 1.63. The zero-order valence-electron chi connectivity index (χ0n) is 20.6. The monoisotopic (exact) mass is 527 g/mol. The molecule has 2 aromatic heterocycles. The maximum absolute atomic E-state index is 14.2. The van der Waals surface area contributed by atoms with Crippen LogP contribution in [-0.2, 0) is 6.42 Å². The van der Waals surface area contributed by atoms with Crippen molar-refractivity contribution < 1.29 is 4.74 Å². The zero-order valence-corrected chi connectivity index (χ0v) is 22.2. The molecule has 2 atom stereocenters. The number of nitrogens with zero attached hydrogens (tertiary/aromatic N) is 3. The topological polar surface area (TPSA) is 47.4 Å². The van der Waals surface area contributed by atoms with Crippen LogP contribution in [0.4, 0.5) is 0 Å². The molecule has 3 heterocycles. The number of likely N-dealkylation sites (N-methyl/N-ethyl adjacent to an activating group) is 1. The van der Waals surface area contributed by atoms with Crippen molar-refractivity contribution in [1.82, 2.24) is 14.5 Å². The first-order valence-corrected chi connectivity index (χ1v) is 13.5. The van der Waals surface area contributed by atoms with Gasteiger partial charge in [-0.05, 0) is 61.3 Å². The molecule has 5 nitrogen and oxygen atoms in total. The number of ether oxygens (including phenoxy) is 1. The van der Waals surface area contributed by atoms with E-state index >= 15 is 0 Å². The van der Waals surface area contributed by atoms with Crippen LogP contribution >= 0.6 is 22.9 Å². The van der Waals surface area contributed by atoms with Gasteiger partial charge in [-0.3, -0.25) is 9.69 Å². The Labute approximate surface area is 224 Å². The average Bonchev–Trinajstić information content (AvgIpc) is 3.28. The molecule has 0 spiro atoms. The highest BCUT2D eigenvalue weighted by atomic mass is 35.5. The Kier molecular flexibility index (Phi) is 6.32. The van der Waals surface area contributed by atoms with E-state index in [1.165, 1.54) is 11.1 Å². The van der Waals surface area contributed by atoms with Gasteiger partial charge in [0, 0.05) is 15.9 Å². The normalized spacial score (nSPS) is 17.6. The van der Waals surface area contributed by atoms with Crippen molar-refractivity contribution in [3.8, 4) is 11.7 Å². The molecular formula is C30H26ClN3O2S. The van der Waals surface area contributed by atoms with E-state index in [9.17, 15) is 4.79 Å². The molecule has 0 saturated heterocycles. The van der Waals surface area contributed by atoms with Gasteiger partial charge in [-0.2, -0.15) is 4.98 Å². The van der Waals surface area contributed by atoms with Gasteiger partial charge >= 0.3 is 6.01 Å². The van der Waals surface area contributed by atoms with Crippen LogP contribution < -0.4 is 10.3 Å². The minimum atomic E-state index is -0.114. The van der Waals surface area contributed by atoms with Gasteiger partial charge in [0.15, 0.2) is 0 Å². The summed E-state index contributed by atoms with van der Waals surface area (Å²) in [4.78, 5) is 23.4. The highest BCUT2D eigenvalue weighted by molar-refractivity contribution is 7.19. The van der Waals surface area contributed by atoms with Crippen LogP contribution in [-0.4, -0.2) is 28.1 Å². The molecule has 6 rings (SSSR count). The molecule has 0 aliphatic carbocycles. The standard InChI is InChI=1S/C30H26ClN3O2S/c1-3-36-30-32-28-25(29(35)34(30)22-16-14-21(31)15-17-22)23-18-24(19-10-6-4-7-11-19)33(2)26(27(23)37-28)20-12-8-5-9-13-20/h4-17,24,26H,3,18H2,1-2H3. The van der Waals surface area contributed by atoms with Crippen LogP contribution in [0, 0.1) is 0 Å². The smallest absolute Gasteiger partial charge is 0.305 e. The zero-order chi connectivity index (χ0) is 25.5. The Morgan fingerprint density at radius 3 is 2.27 bits per heavy atom. The molecule has 0 fully saturated rings. The molecule has 37 heavy (non-hydrogen) atoms. The molecule has 1 aliphatic heterocycles. The Morgan fingerprint density at radius 1 is 0.973 bits per heavy atom. The number of halogens is 1. The average molecular weight is 528 g/mol. The quantitative estimate of drug-likeness (QED) is 0.252. The lowest BCUT2D eigenvalue weighted by molar-refractivity contribution is 0.185. The number of thiophene rings is 1. The highest BCUT2D eigenvalue weighted by Crippen LogP contribution is 2.48. The minimum absolute atomic E-state index is 0.00767. The number of rotatable bonds is 5. The molecule has 186 valence electrons. The highest BCUT2D eigenvalue weighted by Gasteiger charge is 2.37. The molecule has 2 unspecified atom stereocenters. The summed E-state index contributed by atoms with van der Waals surface area (Å²) in [6.07, 6.45) is 0.727. The maximum atomic E-state index is 14.2. The van der Waals surface area contributed by atoms with Gasteiger partial charge in [0.2, 0.25) is 0 Å². The Bertz CT molecular complexity index is 1610. The number of fused-ring (bicyclic) bond motifs is 3. The molecule has 7 heteroatoms. The van der Waals surface area contributed by atoms with Gasteiger partial charge in [-0.25, -0.2) is 4.57 Å². The summed E-state index contributed by atoms with van der Waals surface area (Å²) in [6.45, 7) is 2.30. The van der Waals surface area contributed by atoms with Gasteiger partial charge < -0.3 is 4.74 Å². The Hall–Kier alpha value is -3.45. The van der Waals surface area contributed by atoms with E-state index in [0.717, 1.165) is 16.9 Å². The second kappa shape index (κ2) is 9.78. The summed E-state index contributed by atoms with van der Waals surface area (Å²) in [5.74, 6) is 0. The number of aromatic nitrogens is 2. The number of hydrogen-bond donors (Lipinski definition) is 0. The molecule has 3 aromatic carbocycles. The summed E-state index contributed by atoms with van der Waals surface area (Å²) in [6, 6.07) is 28.6. The lowest BCUT2D eigenvalue weighted by Gasteiger charge is -2.40. The third kappa shape index (κ3) is 4.15. The van der Waals surface area contributed by atoms with Gasteiger partial charge in [-0.1, -0.05) is 72.3 Å². The van der Waals surface area contributed by atoms with E-state index < -0.39 is 0 Å². The van der Waals surface area contributed by atoms with Crippen LogP contribution in [0.5, 0.6) is 6.01 Å². The summed E-state index contributed by atoms with van der Waals surface area (Å²) in [5.41, 5.74) is 4.06. The fourth-order valence-electron chi connectivity index (χ4n) is 5.32. The lowest BCUT2D eigenvalue weighted by Crippen LogP contribution is -2.35. The Morgan fingerprint density at radius 2 is 1.62 bits per heavy atom. The lowest BCUT2D eigenvalue weighted by atomic mass is 9.87. The predicted octanol–water partition coefficient (Wildman–Crippen LogP) is 6.82. The molecule has 1 aliphatic rings. The van der Waals surface area contributed by atoms with Crippen molar-refractivity contribution in [3.05, 3.63) is 122 Å². The molecule has 5 aromatic rings. The third-order valence-corrected chi connectivity index (χ3v) is 8.46. The molecule has 0 saturated carbocycles. The number of hydrogen-bond acceptors (Lipinski definition) is 5. The molecule has 0 amide bonds. The van der Waals surface area contributed by atoms with Crippen molar-refractivity contribution in [1.29, 1.82) is 0 Å². The van der Waals surface area contributed by atoms with Crippen LogP contribution in [0.1, 0.15) is 40.6 Å². The van der Waals surface area contributed by atoms with Crippen LogP contribution in [0.3, 0.4) is 0 Å². The van der Waals surface area contributed by atoms with Gasteiger partial charge in [-0.15, -0.1) is 11.3 Å². The first-order chi connectivity index (χ1) is 18.1. The van der Waals surface area contributed by atoms with Crippen LogP contribution in [0.15, 0.2) is 89.7 Å². The van der Waals surface area contributed by atoms with Crippen molar-refractivity contribution in [3.63, 3.8) is 0 Å². The van der Waals surface area contributed by atoms with Crippen molar-refractivity contribution >= 4 is 33.2 Å². The van der Waals surface area contributed by atoms with E-state index in [1.54, 1.807) is 28.0 Å².